The van der Waals surface area contributed by atoms with Crippen molar-refractivity contribution in [3.05, 3.63) is 48.5 Å². The Kier molecular flexibility index (Phi) is 7.54. The molecule has 2 aromatic carbocycles. The summed E-state index contributed by atoms with van der Waals surface area (Å²) in [5, 5.41) is 12.8. The molecule has 7 nitrogen and oxygen atoms in total. The van der Waals surface area contributed by atoms with Crippen molar-refractivity contribution in [3.8, 4) is 28.6 Å². The van der Waals surface area contributed by atoms with Gasteiger partial charge in [-0.3, -0.25) is 9.36 Å². The molecule has 1 heterocycles. The number of rotatable bonds is 8. The number of hydrogen-bond donors (Lipinski definition) is 1. The minimum absolute atomic E-state index is 0.0361. The molecule has 0 radical (unpaired) electrons. The summed E-state index contributed by atoms with van der Waals surface area (Å²) in [6.07, 6.45) is 4.66. The Balaban J connectivity index is 1.59. The number of benzene rings is 2. The number of ether oxygens (including phenoxy) is 2. The fraction of sp³-hybridized carbons (Fsp3) is 0.400. The van der Waals surface area contributed by atoms with Crippen LogP contribution in [-0.4, -0.2) is 46.7 Å². The van der Waals surface area contributed by atoms with E-state index >= 15 is 0 Å². The Hall–Kier alpha value is -3.00. The molecule has 0 spiro atoms. The second-order valence-corrected chi connectivity index (χ2v) is 9.21. The Morgan fingerprint density at radius 3 is 2.55 bits per heavy atom. The van der Waals surface area contributed by atoms with Gasteiger partial charge in [-0.25, -0.2) is 0 Å². The van der Waals surface area contributed by atoms with Crippen molar-refractivity contribution in [1.82, 2.24) is 20.1 Å². The molecule has 2 atom stereocenters. The van der Waals surface area contributed by atoms with Crippen LogP contribution < -0.4 is 14.8 Å². The van der Waals surface area contributed by atoms with E-state index in [0.717, 1.165) is 17.7 Å². The van der Waals surface area contributed by atoms with E-state index in [0.29, 0.717) is 34.2 Å². The van der Waals surface area contributed by atoms with Gasteiger partial charge in [0.25, 0.3) is 0 Å². The van der Waals surface area contributed by atoms with Gasteiger partial charge in [0, 0.05) is 17.3 Å². The average Bonchev–Trinajstić information content (AvgIpc) is 3.28. The number of nitrogens with one attached hydrogen (secondary N) is 1. The maximum atomic E-state index is 12.7. The van der Waals surface area contributed by atoms with E-state index in [1.165, 1.54) is 31.0 Å². The van der Waals surface area contributed by atoms with Crippen molar-refractivity contribution < 1.29 is 14.3 Å². The van der Waals surface area contributed by atoms with Crippen molar-refractivity contribution in [2.24, 2.45) is 5.92 Å². The van der Waals surface area contributed by atoms with Gasteiger partial charge in [-0.15, -0.1) is 10.2 Å². The van der Waals surface area contributed by atoms with Crippen LogP contribution in [0.4, 0.5) is 0 Å². The summed E-state index contributed by atoms with van der Waals surface area (Å²) in [6.45, 7) is 2.22. The predicted molar refractivity (Wildman–Crippen MR) is 130 cm³/mol. The largest absolute Gasteiger partial charge is 0.493 e. The second kappa shape index (κ2) is 10.7. The molecule has 8 heteroatoms. The van der Waals surface area contributed by atoms with Crippen LogP contribution in [0.1, 0.15) is 32.6 Å². The number of carbonyl (C=O) groups is 1. The highest BCUT2D eigenvalue weighted by Gasteiger charge is 2.24. The summed E-state index contributed by atoms with van der Waals surface area (Å²) in [6, 6.07) is 15.8. The number of para-hydroxylation sites is 1. The molecule has 1 saturated carbocycles. The first kappa shape index (κ1) is 23.2. The molecular formula is C25H30N4O3S. The summed E-state index contributed by atoms with van der Waals surface area (Å²) >= 11 is 1.39. The van der Waals surface area contributed by atoms with Crippen molar-refractivity contribution in [2.45, 2.75) is 43.8 Å². The highest BCUT2D eigenvalue weighted by atomic mass is 32.2. The predicted octanol–water partition coefficient (Wildman–Crippen LogP) is 4.74. The Morgan fingerprint density at radius 2 is 1.82 bits per heavy atom. The minimum atomic E-state index is 0.0361. The monoisotopic (exact) mass is 466 g/mol. The second-order valence-electron chi connectivity index (χ2n) is 8.27. The fourth-order valence-electron chi connectivity index (χ4n) is 4.24. The fourth-order valence-corrected chi connectivity index (χ4v) is 5.01. The van der Waals surface area contributed by atoms with Crippen LogP contribution in [-0.2, 0) is 4.79 Å². The topological polar surface area (TPSA) is 78.3 Å². The number of amides is 1. The van der Waals surface area contributed by atoms with Crippen LogP contribution in [0.25, 0.3) is 17.1 Å². The first-order chi connectivity index (χ1) is 16.1. The van der Waals surface area contributed by atoms with E-state index < -0.39 is 0 Å². The molecule has 1 aliphatic carbocycles. The zero-order chi connectivity index (χ0) is 23.2. The van der Waals surface area contributed by atoms with Crippen LogP contribution >= 0.6 is 11.8 Å². The van der Waals surface area contributed by atoms with Gasteiger partial charge in [-0.05, 0) is 49.1 Å². The van der Waals surface area contributed by atoms with Crippen molar-refractivity contribution in [3.63, 3.8) is 0 Å². The van der Waals surface area contributed by atoms with Crippen LogP contribution in [0.2, 0.25) is 0 Å². The molecular weight excluding hydrogens is 436 g/mol. The first-order valence-corrected chi connectivity index (χ1v) is 12.2. The third kappa shape index (κ3) is 5.33. The molecule has 3 aromatic rings. The minimum Gasteiger partial charge on any atom is -0.493 e. The van der Waals surface area contributed by atoms with Crippen LogP contribution in [0.3, 0.4) is 0 Å². The van der Waals surface area contributed by atoms with Crippen molar-refractivity contribution in [2.75, 3.05) is 20.0 Å². The lowest BCUT2D eigenvalue weighted by Gasteiger charge is -2.29. The van der Waals surface area contributed by atoms with E-state index in [1.54, 1.807) is 14.2 Å². The van der Waals surface area contributed by atoms with Crippen molar-refractivity contribution >= 4 is 17.7 Å². The van der Waals surface area contributed by atoms with Crippen LogP contribution in [0.15, 0.2) is 53.7 Å². The van der Waals surface area contributed by atoms with Gasteiger partial charge < -0.3 is 14.8 Å². The lowest BCUT2D eigenvalue weighted by Crippen LogP contribution is -2.41. The van der Waals surface area contributed by atoms with E-state index in [4.69, 9.17) is 9.47 Å². The molecule has 0 bridgehead atoms. The summed E-state index contributed by atoms with van der Waals surface area (Å²) in [5.41, 5.74) is 1.77. The number of methoxy groups -OCH3 is 2. The van der Waals surface area contributed by atoms with Gasteiger partial charge in [0.15, 0.2) is 22.5 Å². The molecule has 1 amide bonds. The van der Waals surface area contributed by atoms with E-state index in [1.807, 2.05) is 53.1 Å². The first-order valence-electron chi connectivity index (χ1n) is 11.3. The molecule has 33 heavy (non-hydrogen) atoms. The maximum Gasteiger partial charge on any atom is 0.230 e. The van der Waals surface area contributed by atoms with Gasteiger partial charge in [0.05, 0.1) is 20.0 Å². The van der Waals surface area contributed by atoms with Gasteiger partial charge in [0.1, 0.15) is 0 Å². The molecule has 4 rings (SSSR count). The number of aromatic nitrogens is 3. The summed E-state index contributed by atoms with van der Waals surface area (Å²) in [5.74, 6) is 2.79. The van der Waals surface area contributed by atoms with Crippen LogP contribution in [0.5, 0.6) is 11.5 Å². The van der Waals surface area contributed by atoms with Crippen LogP contribution in [0, 0.1) is 5.92 Å². The zero-order valence-electron chi connectivity index (χ0n) is 19.3. The third-order valence-corrected chi connectivity index (χ3v) is 7.01. The number of hydrogen-bond acceptors (Lipinski definition) is 6. The summed E-state index contributed by atoms with van der Waals surface area (Å²) in [7, 11) is 3.22. The maximum absolute atomic E-state index is 12.7. The Bertz CT molecular complexity index is 1090. The lowest BCUT2D eigenvalue weighted by atomic mass is 9.86. The SMILES string of the molecule is COc1ccc(-c2nnc(SCC(=O)NC3CCCCC3C)n2-c2ccccc2)cc1OC. The summed E-state index contributed by atoms with van der Waals surface area (Å²) in [4.78, 5) is 12.7. The number of carbonyl (C=O) groups excluding carboxylic acids is 1. The summed E-state index contributed by atoms with van der Waals surface area (Å²) < 4.78 is 12.8. The van der Waals surface area contributed by atoms with Gasteiger partial charge >= 0.3 is 0 Å². The normalized spacial score (nSPS) is 18.0. The zero-order valence-corrected chi connectivity index (χ0v) is 20.1. The molecule has 0 aliphatic heterocycles. The van der Waals surface area contributed by atoms with E-state index in [9.17, 15) is 4.79 Å². The molecule has 2 unspecified atom stereocenters. The average molecular weight is 467 g/mol. The standard InChI is InChI=1S/C25H30N4O3S/c1-17-9-7-8-12-20(17)26-23(30)16-33-25-28-27-24(29(25)19-10-5-4-6-11-19)18-13-14-21(31-2)22(15-18)32-3/h4-6,10-11,13-15,17,20H,7-9,12,16H2,1-3H3,(H,26,30). The van der Waals surface area contributed by atoms with Gasteiger partial charge in [-0.2, -0.15) is 0 Å². The Morgan fingerprint density at radius 1 is 1.06 bits per heavy atom. The molecule has 1 N–H and O–H groups in total. The number of thioether (sulfide) groups is 1. The smallest absolute Gasteiger partial charge is 0.230 e. The highest BCUT2D eigenvalue weighted by Crippen LogP contribution is 2.34. The number of nitrogens with zero attached hydrogens (tertiary/aromatic N) is 3. The molecule has 174 valence electrons. The molecule has 1 aliphatic rings. The van der Waals surface area contributed by atoms with Crippen molar-refractivity contribution in [1.29, 1.82) is 0 Å². The molecule has 0 saturated heterocycles. The van der Waals surface area contributed by atoms with E-state index in [-0.39, 0.29) is 11.9 Å². The Labute approximate surface area is 198 Å². The quantitative estimate of drug-likeness (QED) is 0.483. The van der Waals surface area contributed by atoms with Gasteiger partial charge in [-0.1, -0.05) is 49.7 Å². The van der Waals surface area contributed by atoms with E-state index in [2.05, 4.69) is 22.4 Å². The third-order valence-electron chi connectivity index (χ3n) is 6.08. The molecule has 1 aromatic heterocycles. The molecule has 1 fully saturated rings. The van der Waals surface area contributed by atoms with Gasteiger partial charge in [0.2, 0.25) is 5.91 Å². The lowest BCUT2D eigenvalue weighted by molar-refractivity contribution is -0.119. The highest BCUT2D eigenvalue weighted by molar-refractivity contribution is 7.99.